The van der Waals surface area contributed by atoms with Gasteiger partial charge in [0.15, 0.2) is 11.5 Å². The van der Waals surface area contributed by atoms with Crippen molar-refractivity contribution < 1.29 is 19.0 Å². The minimum absolute atomic E-state index is 0.0844. The summed E-state index contributed by atoms with van der Waals surface area (Å²) in [6, 6.07) is 5.67. The highest BCUT2D eigenvalue weighted by Gasteiger charge is 2.09. The molecular weight excluding hydrogens is 332 g/mol. The summed E-state index contributed by atoms with van der Waals surface area (Å²) < 4.78 is 16.5. The van der Waals surface area contributed by atoms with Crippen LogP contribution in [0, 0.1) is 0 Å². The Morgan fingerprint density at radius 2 is 1.92 bits per heavy atom. The molecule has 0 aliphatic carbocycles. The molecular formula is C20H30N2O4. The molecule has 0 unspecified atom stereocenters. The van der Waals surface area contributed by atoms with E-state index in [0.29, 0.717) is 25.5 Å². The average Bonchev–Trinajstić information content (AvgIpc) is 2.66. The quantitative estimate of drug-likeness (QED) is 0.511. The zero-order chi connectivity index (χ0) is 18.6. The van der Waals surface area contributed by atoms with Crippen LogP contribution in [0.15, 0.2) is 24.3 Å². The van der Waals surface area contributed by atoms with E-state index in [1.165, 1.54) is 0 Å². The van der Waals surface area contributed by atoms with E-state index in [2.05, 4.69) is 10.2 Å². The Morgan fingerprint density at radius 3 is 2.65 bits per heavy atom. The highest BCUT2D eigenvalue weighted by Crippen LogP contribution is 2.28. The number of carbonyl (C=O) groups is 1. The Kier molecular flexibility index (Phi) is 9.00. The van der Waals surface area contributed by atoms with Crippen LogP contribution in [0.2, 0.25) is 0 Å². The number of nitrogens with zero attached hydrogens (tertiary/aromatic N) is 1. The van der Waals surface area contributed by atoms with Crippen molar-refractivity contribution in [2.75, 3.05) is 52.6 Å². The molecule has 0 bridgehead atoms. The minimum atomic E-state index is -0.0844. The summed E-state index contributed by atoms with van der Waals surface area (Å²) >= 11 is 0. The second kappa shape index (κ2) is 11.5. The first-order valence-electron chi connectivity index (χ1n) is 9.38. The Labute approximate surface area is 156 Å². The molecule has 26 heavy (non-hydrogen) atoms. The number of hydrogen-bond acceptors (Lipinski definition) is 5. The fourth-order valence-electron chi connectivity index (χ4n) is 2.74. The van der Waals surface area contributed by atoms with Gasteiger partial charge in [0.25, 0.3) is 0 Å². The molecule has 144 valence electrons. The van der Waals surface area contributed by atoms with Crippen LogP contribution in [0.3, 0.4) is 0 Å². The van der Waals surface area contributed by atoms with Crippen LogP contribution in [0.1, 0.15) is 25.8 Å². The molecule has 1 aromatic carbocycles. The molecule has 1 amide bonds. The molecule has 1 aromatic rings. The molecule has 1 N–H and O–H groups in total. The van der Waals surface area contributed by atoms with E-state index >= 15 is 0 Å². The van der Waals surface area contributed by atoms with Crippen molar-refractivity contribution >= 4 is 12.0 Å². The van der Waals surface area contributed by atoms with Gasteiger partial charge in [-0.25, -0.2) is 0 Å². The molecule has 1 fully saturated rings. The van der Waals surface area contributed by atoms with Crippen molar-refractivity contribution in [2.45, 2.75) is 20.3 Å². The van der Waals surface area contributed by atoms with Gasteiger partial charge in [-0.3, -0.25) is 9.69 Å². The average molecular weight is 362 g/mol. The summed E-state index contributed by atoms with van der Waals surface area (Å²) in [6.45, 7) is 10.3. The van der Waals surface area contributed by atoms with Gasteiger partial charge < -0.3 is 19.5 Å². The molecule has 1 aliphatic heterocycles. The Bertz CT molecular complexity index is 583. The van der Waals surface area contributed by atoms with E-state index in [0.717, 1.165) is 50.6 Å². The predicted molar refractivity (Wildman–Crippen MR) is 103 cm³/mol. The molecule has 1 aliphatic rings. The number of amides is 1. The molecule has 1 saturated heterocycles. The summed E-state index contributed by atoms with van der Waals surface area (Å²) in [5.74, 6) is 1.33. The molecule has 0 spiro atoms. The first-order valence-corrected chi connectivity index (χ1v) is 9.38. The topological polar surface area (TPSA) is 60.0 Å². The summed E-state index contributed by atoms with van der Waals surface area (Å²) in [6.07, 6.45) is 4.28. The van der Waals surface area contributed by atoms with Gasteiger partial charge in [-0.2, -0.15) is 0 Å². The van der Waals surface area contributed by atoms with Gasteiger partial charge in [0.2, 0.25) is 5.91 Å². The van der Waals surface area contributed by atoms with Crippen LogP contribution < -0.4 is 14.8 Å². The fourth-order valence-corrected chi connectivity index (χ4v) is 2.74. The molecule has 2 rings (SSSR count). The van der Waals surface area contributed by atoms with Crippen molar-refractivity contribution in [1.29, 1.82) is 0 Å². The molecule has 6 nitrogen and oxygen atoms in total. The summed E-state index contributed by atoms with van der Waals surface area (Å²) in [5, 5.41) is 2.92. The Morgan fingerprint density at radius 1 is 1.19 bits per heavy atom. The maximum Gasteiger partial charge on any atom is 0.243 e. The number of hydrogen-bond donors (Lipinski definition) is 1. The van der Waals surface area contributed by atoms with Crippen LogP contribution >= 0.6 is 0 Å². The third-order valence-electron chi connectivity index (χ3n) is 4.05. The lowest BCUT2D eigenvalue weighted by Gasteiger charge is -2.26. The van der Waals surface area contributed by atoms with Gasteiger partial charge in [0.1, 0.15) is 0 Å². The van der Waals surface area contributed by atoms with Crippen molar-refractivity contribution in [3.05, 3.63) is 29.8 Å². The number of benzene rings is 1. The third-order valence-corrected chi connectivity index (χ3v) is 4.05. The van der Waals surface area contributed by atoms with Gasteiger partial charge in [-0.1, -0.05) is 6.07 Å². The smallest absolute Gasteiger partial charge is 0.243 e. The lowest BCUT2D eigenvalue weighted by atomic mass is 10.2. The molecule has 0 saturated carbocycles. The zero-order valence-corrected chi connectivity index (χ0v) is 15.8. The number of nitrogens with one attached hydrogen (secondary N) is 1. The second-order valence-electron chi connectivity index (χ2n) is 6.00. The van der Waals surface area contributed by atoms with E-state index in [4.69, 9.17) is 14.2 Å². The van der Waals surface area contributed by atoms with E-state index in [-0.39, 0.29) is 5.91 Å². The fraction of sp³-hybridized carbons (Fsp3) is 0.550. The molecule has 0 atom stereocenters. The second-order valence-corrected chi connectivity index (χ2v) is 6.00. The van der Waals surface area contributed by atoms with Crippen LogP contribution in [0.5, 0.6) is 11.5 Å². The summed E-state index contributed by atoms with van der Waals surface area (Å²) in [5.41, 5.74) is 0.903. The van der Waals surface area contributed by atoms with E-state index < -0.39 is 0 Å². The first-order chi connectivity index (χ1) is 12.7. The van der Waals surface area contributed by atoms with Gasteiger partial charge in [0, 0.05) is 25.7 Å². The maximum atomic E-state index is 12.0. The highest BCUT2D eigenvalue weighted by molar-refractivity contribution is 5.91. The number of morpholine rings is 1. The first kappa shape index (κ1) is 20.3. The number of carbonyl (C=O) groups excluding carboxylic acids is 1. The Hall–Kier alpha value is -2.05. The third kappa shape index (κ3) is 7.06. The highest BCUT2D eigenvalue weighted by atomic mass is 16.5. The monoisotopic (exact) mass is 362 g/mol. The van der Waals surface area contributed by atoms with E-state index in [1.54, 1.807) is 12.2 Å². The maximum absolute atomic E-state index is 12.0. The normalized spacial score (nSPS) is 15.2. The van der Waals surface area contributed by atoms with Crippen LogP contribution in [0.4, 0.5) is 0 Å². The van der Waals surface area contributed by atoms with Gasteiger partial charge in [0.05, 0.1) is 26.4 Å². The van der Waals surface area contributed by atoms with Crippen LogP contribution in [-0.4, -0.2) is 63.4 Å². The van der Waals surface area contributed by atoms with Crippen molar-refractivity contribution in [3.8, 4) is 11.5 Å². The molecule has 0 radical (unpaired) electrons. The standard InChI is InChI=1S/C20H30N2O4/c1-3-25-18-8-6-17(16-19(18)26-4-2)7-9-20(23)21-10-5-11-22-12-14-24-15-13-22/h6-9,16H,3-5,10-15H2,1-2H3,(H,21,23)/b9-7+. The largest absolute Gasteiger partial charge is 0.490 e. The van der Waals surface area contributed by atoms with Gasteiger partial charge in [-0.15, -0.1) is 0 Å². The van der Waals surface area contributed by atoms with E-state index in [1.807, 2.05) is 32.0 Å². The van der Waals surface area contributed by atoms with Gasteiger partial charge >= 0.3 is 0 Å². The van der Waals surface area contributed by atoms with Crippen molar-refractivity contribution in [1.82, 2.24) is 10.2 Å². The minimum Gasteiger partial charge on any atom is -0.490 e. The van der Waals surface area contributed by atoms with Crippen LogP contribution in [0.25, 0.3) is 6.08 Å². The molecule has 1 heterocycles. The lowest BCUT2D eigenvalue weighted by Crippen LogP contribution is -2.38. The SMILES string of the molecule is CCOc1ccc(/C=C/C(=O)NCCCN2CCOCC2)cc1OCC. The molecule has 0 aromatic heterocycles. The van der Waals surface area contributed by atoms with Crippen molar-refractivity contribution in [2.24, 2.45) is 0 Å². The summed E-state index contributed by atoms with van der Waals surface area (Å²) in [4.78, 5) is 14.3. The Balaban J connectivity index is 1.76. The predicted octanol–water partition coefficient (Wildman–Crippen LogP) is 2.34. The van der Waals surface area contributed by atoms with Gasteiger partial charge in [-0.05, 0) is 50.6 Å². The molecule has 6 heteroatoms. The van der Waals surface area contributed by atoms with Crippen molar-refractivity contribution in [3.63, 3.8) is 0 Å². The van der Waals surface area contributed by atoms with E-state index in [9.17, 15) is 4.79 Å². The summed E-state index contributed by atoms with van der Waals surface area (Å²) in [7, 11) is 0. The number of rotatable bonds is 10. The van der Waals surface area contributed by atoms with Crippen LogP contribution in [-0.2, 0) is 9.53 Å². The number of ether oxygens (including phenoxy) is 3. The zero-order valence-electron chi connectivity index (χ0n) is 15.8. The lowest BCUT2D eigenvalue weighted by molar-refractivity contribution is -0.116.